The van der Waals surface area contributed by atoms with E-state index in [0.29, 0.717) is 6.04 Å². The molecule has 0 amide bonds. The van der Waals surface area contributed by atoms with Crippen LogP contribution in [-0.2, 0) is 6.54 Å². The Kier molecular flexibility index (Phi) is 3.94. The number of hydrogen-bond donors (Lipinski definition) is 1. The van der Waals surface area contributed by atoms with Crippen LogP contribution in [0.4, 0.5) is 0 Å². The van der Waals surface area contributed by atoms with Gasteiger partial charge in [0, 0.05) is 25.0 Å². The third-order valence-electron chi connectivity index (χ3n) is 2.85. The number of pyridine rings is 1. The van der Waals surface area contributed by atoms with Crippen molar-refractivity contribution in [3.8, 4) is 0 Å². The molecule has 90 valence electrons. The summed E-state index contributed by atoms with van der Waals surface area (Å²) in [6, 6.07) is 6.54. The third kappa shape index (κ3) is 3.17. The Labute approximate surface area is 102 Å². The van der Waals surface area contributed by atoms with E-state index < -0.39 is 0 Å². The molecular weight excluding hydrogens is 210 g/mol. The van der Waals surface area contributed by atoms with E-state index in [9.17, 15) is 0 Å². The van der Waals surface area contributed by atoms with Crippen molar-refractivity contribution in [2.24, 2.45) is 0 Å². The molecule has 2 rings (SSSR count). The molecule has 0 unspecified atom stereocenters. The smallest absolute Gasteiger partial charge is 0.137 e. The lowest BCUT2D eigenvalue weighted by Crippen LogP contribution is -2.25. The molecule has 0 aliphatic carbocycles. The Morgan fingerprint density at radius 3 is 3.18 bits per heavy atom. The van der Waals surface area contributed by atoms with E-state index >= 15 is 0 Å². The third-order valence-corrected chi connectivity index (χ3v) is 2.85. The molecule has 1 N–H and O–H groups in total. The quantitative estimate of drug-likeness (QED) is 0.772. The molecule has 3 heteroatoms. The van der Waals surface area contributed by atoms with Crippen molar-refractivity contribution in [3.05, 3.63) is 48.9 Å². The molecule has 2 aromatic heterocycles. The van der Waals surface area contributed by atoms with Gasteiger partial charge in [-0.3, -0.25) is 0 Å². The highest BCUT2D eigenvalue weighted by Gasteiger charge is 2.03. The highest BCUT2D eigenvalue weighted by Crippen LogP contribution is 2.05. The Hall–Kier alpha value is -1.61. The van der Waals surface area contributed by atoms with Gasteiger partial charge in [-0.15, -0.1) is 6.58 Å². The highest BCUT2D eigenvalue weighted by atomic mass is 15.0. The van der Waals surface area contributed by atoms with E-state index in [-0.39, 0.29) is 0 Å². The van der Waals surface area contributed by atoms with E-state index in [4.69, 9.17) is 0 Å². The molecule has 3 nitrogen and oxygen atoms in total. The molecule has 0 bridgehead atoms. The largest absolute Gasteiger partial charge is 0.309 e. The van der Waals surface area contributed by atoms with Crippen molar-refractivity contribution < 1.29 is 0 Å². The normalized spacial score (nSPS) is 12.8. The van der Waals surface area contributed by atoms with Crippen LogP contribution < -0.4 is 5.32 Å². The molecule has 0 saturated heterocycles. The second kappa shape index (κ2) is 5.64. The van der Waals surface area contributed by atoms with Gasteiger partial charge >= 0.3 is 0 Å². The predicted octanol–water partition coefficient (Wildman–Crippen LogP) is 2.78. The number of aromatic nitrogens is 2. The molecule has 2 heterocycles. The zero-order valence-corrected chi connectivity index (χ0v) is 10.3. The van der Waals surface area contributed by atoms with Crippen LogP contribution in [0.3, 0.4) is 0 Å². The Morgan fingerprint density at radius 2 is 2.41 bits per heavy atom. The fourth-order valence-electron chi connectivity index (χ4n) is 1.82. The minimum absolute atomic E-state index is 0.498. The van der Waals surface area contributed by atoms with Crippen molar-refractivity contribution in [2.45, 2.75) is 32.4 Å². The van der Waals surface area contributed by atoms with E-state index in [1.165, 1.54) is 0 Å². The number of nitrogens with one attached hydrogen (secondary N) is 1. The van der Waals surface area contributed by atoms with E-state index in [1.54, 1.807) is 0 Å². The van der Waals surface area contributed by atoms with E-state index in [0.717, 1.165) is 30.7 Å². The van der Waals surface area contributed by atoms with Crippen molar-refractivity contribution >= 4 is 5.65 Å². The first-order chi connectivity index (χ1) is 8.29. The van der Waals surface area contributed by atoms with Crippen LogP contribution in [0, 0.1) is 0 Å². The summed E-state index contributed by atoms with van der Waals surface area (Å²) in [5.41, 5.74) is 2.09. The minimum atomic E-state index is 0.498. The van der Waals surface area contributed by atoms with Gasteiger partial charge in [0.15, 0.2) is 0 Å². The van der Waals surface area contributed by atoms with Crippen LogP contribution in [0.25, 0.3) is 5.65 Å². The lowest BCUT2D eigenvalue weighted by molar-refractivity contribution is 0.514. The minimum Gasteiger partial charge on any atom is -0.309 e. The molecule has 0 aliphatic heterocycles. The summed E-state index contributed by atoms with van der Waals surface area (Å²) in [6.07, 6.45) is 8.23. The lowest BCUT2D eigenvalue weighted by atomic mass is 10.2. The van der Waals surface area contributed by atoms with Crippen LogP contribution in [0.2, 0.25) is 0 Å². The van der Waals surface area contributed by atoms with Crippen LogP contribution in [0.5, 0.6) is 0 Å². The second-order valence-electron chi connectivity index (χ2n) is 4.35. The zero-order chi connectivity index (χ0) is 12.1. The van der Waals surface area contributed by atoms with Gasteiger partial charge in [-0.1, -0.05) is 12.1 Å². The van der Waals surface area contributed by atoms with E-state index in [1.807, 2.05) is 34.9 Å². The van der Waals surface area contributed by atoms with Gasteiger partial charge in [0.2, 0.25) is 0 Å². The van der Waals surface area contributed by atoms with Gasteiger partial charge < -0.3 is 9.72 Å². The van der Waals surface area contributed by atoms with Gasteiger partial charge in [-0.25, -0.2) is 4.98 Å². The summed E-state index contributed by atoms with van der Waals surface area (Å²) in [4.78, 5) is 4.55. The second-order valence-corrected chi connectivity index (χ2v) is 4.35. The van der Waals surface area contributed by atoms with Crippen molar-refractivity contribution in [1.82, 2.24) is 14.7 Å². The summed E-state index contributed by atoms with van der Waals surface area (Å²) >= 11 is 0. The van der Waals surface area contributed by atoms with Crippen LogP contribution in [0.1, 0.15) is 25.5 Å². The van der Waals surface area contributed by atoms with Gasteiger partial charge in [-0.05, 0) is 31.9 Å². The summed E-state index contributed by atoms with van der Waals surface area (Å²) in [5.74, 6) is 0. The zero-order valence-electron chi connectivity index (χ0n) is 10.3. The standard InChI is InChI=1S/C14H19N3/c1-3-4-7-12(2)15-10-13-11-17-9-6-5-8-14(17)16-13/h3,5-6,8-9,11-12,15H,1,4,7,10H2,2H3/t12-/m1/s1. The van der Waals surface area contributed by atoms with Gasteiger partial charge in [0.1, 0.15) is 5.65 Å². The molecule has 1 atom stereocenters. The Balaban J connectivity index is 1.92. The first-order valence-corrected chi connectivity index (χ1v) is 6.06. The molecule has 0 aromatic carbocycles. The Morgan fingerprint density at radius 1 is 1.53 bits per heavy atom. The maximum atomic E-state index is 4.55. The van der Waals surface area contributed by atoms with Crippen molar-refractivity contribution in [3.63, 3.8) is 0 Å². The number of imidazole rings is 1. The number of nitrogens with zero attached hydrogens (tertiary/aromatic N) is 2. The van der Waals surface area contributed by atoms with Crippen molar-refractivity contribution in [2.75, 3.05) is 0 Å². The summed E-state index contributed by atoms with van der Waals surface area (Å²) in [6.45, 7) is 6.75. The van der Waals surface area contributed by atoms with Gasteiger partial charge in [0.25, 0.3) is 0 Å². The highest BCUT2D eigenvalue weighted by molar-refractivity contribution is 5.39. The van der Waals surface area contributed by atoms with E-state index in [2.05, 4.69) is 30.0 Å². The summed E-state index contributed by atoms with van der Waals surface area (Å²) in [5, 5.41) is 3.47. The fraction of sp³-hybridized carbons (Fsp3) is 0.357. The Bertz CT molecular complexity index is 454. The maximum Gasteiger partial charge on any atom is 0.137 e. The van der Waals surface area contributed by atoms with Crippen LogP contribution >= 0.6 is 0 Å². The molecule has 0 fully saturated rings. The summed E-state index contributed by atoms with van der Waals surface area (Å²) in [7, 11) is 0. The average Bonchev–Trinajstić information content (AvgIpc) is 2.76. The van der Waals surface area contributed by atoms with Crippen molar-refractivity contribution in [1.29, 1.82) is 0 Å². The first kappa shape index (κ1) is 11.9. The maximum absolute atomic E-state index is 4.55. The average molecular weight is 229 g/mol. The number of hydrogen-bond acceptors (Lipinski definition) is 2. The molecule has 2 aromatic rings. The first-order valence-electron chi connectivity index (χ1n) is 6.06. The van der Waals surface area contributed by atoms with Crippen LogP contribution in [0.15, 0.2) is 43.2 Å². The monoisotopic (exact) mass is 229 g/mol. The molecule has 0 aliphatic rings. The molecule has 17 heavy (non-hydrogen) atoms. The molecule has 0 radical (unpaired) electrons. The fourth-order valence-corrected chi connectivity index (χ4v) is 1.82. The van der Waals surface area contributed by atoms with Crippen LogP contribution in [-0.4, -0.2) is 15.4 Å². The molecular formula is C14H19N3. The predicted molar refractivity (Wildman–Crippen MR) is 70.9 cm³/mol. The van der Waals surface area contributed by atoms with Gasteiger partial charge in [0.05, 0.1) is 5.69 Å². The summed E-state index contributed by atoms with van der Waals surface area (Å²) < 4.78 is 2.05. The number of rotatable bonds is 6. The lowest BCUT2D eigenvalue weighted by Gasteiger charge is -2.10. The number of fused-ring (bicyclic) bond motifs is 1. The molecule has 0 saturated carbocycles. The SMILES string of the molecule is C=CCC[C@@H](C)NCc1cn2ccccc2n1. The number of allylic oxidation sites excluding steroid dienone is 1. The molecule has 0 spiro atoms. The topological polar surface area (TPSA) is 29.3 Å². The van der Waals surface area contributed by atoms with Gasteiger partial charge in [-0.2, -0.15) is 0 Å².